The maximum Gasteiger partial charge on any atom is 0.339 e. The van der Waals surface area contributed by atoms with Crippen molar-refractivity contribution in [3.05, 3.63) is 60.4 Å². The topological polar surface area (TPSA) is 43.4 Å². The Bertz CT molecular complexity index is 609. The van der Waals surface area contributed by atoms with Crippen molar-refractivity contribution in [3.8, 4) is 5.75 Å². The highest BCUT2D eigenvalue weighted by molar-refractivity contribution is 7.87. The Hall–Kier alpha value is -1.88. The average molecular weight is 252 g/mol. The maximum absolute atomic E-state index is 12.9. The highest BCUT2D eigenvalue weighted by Gasteiger charge is 2.15. The van der Waals surface area contributed by atoms with Gasteiger partial charge in [-0.05, 0) is 24.3 Å². The molecule has 2 rings (SSSR count). The Morgan fingerprint density at radius 2 is 1.65 bits per heavy atom. The number of benzene rings is 2. The quantitative estimate of drug-likeness (QED) is 0.788. The van der Waals surface area contributed by atoms with Crippen LogP contribution in [-0.4, -0.2) is 8.42 Å². The van der Waals surface area contributed by atoms with Gasteiger partial charge in [0.1, 0.15) is 16.5 Å². The maximum atomic E-state index is 12.9. The van der Waals surface area contributed by atoms with Gasteiger partial charge in [0.2, 0.25) is 0 Å². The molecule has 17 heavy (non-hydrogen) atoms. The van der Waals surface area contributed by atoms with Crippen molar-refractivity contribution in [2.45, 2.75) is 4.90 Å². The van der Waals surface area contributed by atoms with Crippen molar-refractivity contribution >= 4 is 10.1 Å². The van der Waals surface area contributed by atoms with Gasteiger partial charge in [-0.25, -0.2) is 4.39 Å². The fraction of sp³-hybridized carbons (Fsp3) is 0. The Labute approximate surface area is 98.6 Å². The van der Waals surface area contributed by atoms with E-state index in [4.69, 9.17) is 4.18 Å². The van der Waals surface area contributed by atoms with Crippen LogP contribution in [0.2, 0.25) is 0 Å². The lowest BCUT2D eigenvalue weighted by Gasteiger charge is -2.06. The van der Waals surface area contributed by atoms with Crippen LogP contribution in [-0.2, 0) is 10.1 Å². The molecule has 0 aromatic heterocycles. The molecule has 0 aliphatic rings. The molecule has 2 aromatic carbocycles. The molecular formula is C12H9FO3S. The molecule has 88 valence electrons. The van der Waals surface area contributed by atoms with Crippen LogP contribution in [0.5, 0.6) is 5.75 Å². The second-order valence-corrected chi connectivity index (χ2v) is 4.85. The molecule has 5 heteroatoms. The standard InChI is InChI=1S/C12H9FO3S/c13-10-5-4-6-11(9-10)16-17(14,15)12-7-2-1-3-8-12/h1-9H. The van der Waals surface area contributed by atoms with Gasteiger partial charge in [-0.1, -0.05) is 24.3 Å². The van der Waals surface area contributed by atoms with Crippen LogP contribution in [0.15, 0.2) is 59.5 Å². The molecule has 0 amide bonds. The van der Waals surface area contributed by atoms with E-state index in [0.29, 0.717) is 0 Å². The van der Waals surface area contributed by atoms with E-state index in [1.807, 2.05) is 0 Å². The summed E-state index contributed by atoms with van der Waals surface area (Å²) in [7, 11) is -3.90. The van der Waals surface area contributed by atoms with Crippen molar-refractivity contribution in [1.29, 1.82) is 0 Å². The van der Waals surface area contributed by atoms with Crippen molar-refractivity contribution < 1.29 is 17.0 Å². The van der Waals surface area contributed by atoms with Crippen molar-refractivity contribution in [1.82, 2.24) is 0 Å². The molecule has 0 bridgehead atoms. The lowest BCUT2D eigenvalue weighted by molar-refractivity contribution is 0.483. The molecule has 0 saturated carbocycles. The van der Waals surface area contributed by atoms with Crippen molar-refractivity contribution in [3.63, 3.8) is 0 Å². The van der Waals surface area contributed by atoms with Gasteiger partial charge in [-0.15, -0.1) is 0 Å². The van der Waals surface area contributed by atoms with E-state index in [-0.39, 0.29) is 10.6 Å². The smallest absolute Gasteiger partial charge is 0.339 e. The van der Waals surface area contributed by atoms with E-state index in [2.05, 4.69) is 0 Å². The molecule has 0 spiro atoms. The number of halogens is 1. The highest BCUT2D eigenvalue weighted by Crippen LogP contribution is 2.18. The summed E-state index contributed by atoms with van der Waals surface area (Å²) in [5.41, 5.74) is 0. The third kappa shape index (κ3) is 2.82. The van der Waals surface area contributed by atoms with Crippen LogP contribution in [0.4, 0.5) is 4.39 Å². The van der Waals surface area contributed by atoms with Gasteiger partial charge < -0.3 is 4.18 Å². The van der Waals surface area contributed by atoms with Gasteiger partial charge in [0, 0.05) is 6.07 Å². The van der Waals surface area contributed by atoms with Crippen LogP contribution in [0.3, 0.4) is 0 Å². The van der Waals surface area contributed by atoms with Gasteiger partial charge in [0.15, 0.2) is 0 Å². The molecule has 2 aromatic rings. The molecule has 0 unspecified atom stereocenters. The molecule has 0 N–H and O–H groups in total. The number of rotatable bonds is 3. The number of hydrogen-bond donors (Lipinski definition) is 0. The highest BCUT2D eigenvalue weighted by atomic mass is 32.2. The summed E-state index contributed by atoms with van der Waals surface area (Å²) in [6, 6.07) is 12.7. The molecular weight excluding hydrogens is 243 g/mol. The predicted molar refractivity (Wildman–Crippen MR) is 60.7 cm³/mol. The van der Waals surface area contributed by atoms with Gasteiger partial charge in [0.05, 0.1) is 0 Å². The molecule has 0 aliphatic heterocycles. The molecule has 3 nitrogen and oxygen atoms in total. The second kappa shape index (κ2) is 4.55. The summed E-state index contributed by atoms with van der Waals surface area (Å²) in [6.07, 6.45) is 0. The summed E-state index contributed by atoms with van der Waals surface area (Å²) >= 11 is 0. The molecule has 0 atom stereocenters. The summed E-state index contributed by atoms with van der Waals surface area (Å²) < 4.78 is 41.2. The summed E-state index contributed by atoms with van der Waals surface area (Å²) in [5.74, 6) is -0.598. The SMILES string of the molecule is O=S(=O)(Oc1cccc(F)c1)c1ccccc1. The molecule has 0 radical (unpaired) electrons. The number of hydrogen-bond acceptors (Lipinski definition) is 3. The molecule has 0 fully saturated rings. The summed E-state index contributed by atoms with van der Waals surface area (Å²) in [6.45, 7) is 0. The molecule has 0 aliphatic carbocycles. The van der Waals surface area contributed by atoms with E-state index >= 15 is 0 Å². The average Bonchev–Trinajstić information content (AvgIpc) is 2.29. The van der Waals surface area contributed by atoms with E-state index in [1.165, 1.54) is 30.3 Å². The normalized spacial score (nSPS) is 11.1. The fourth-order valence-corrected chi connectivity index (χ4v) is 2.22. The van der Waals surface area contributed by atoms with Gasteiger partial charge in [-0.2, -0.15) is 8.42 Å². The molecule has 0 saturated heterocycles. The zero-order valence-corrected chi connectivity index (χ0v) is 9.52. The largest absolute Gasteiger partial charge is 0.379 e. The van der Waals surface area contributed by atoms with Gasteiger partial charge in [0.25, 0.3) is 0 Å². The minimum Gasteiger partial charge on any atom is -0.379 e. The summed E-state index contributed by atoms with van der Waals surface area (Å²) in [5, 5.41) is 0. The third-order valence-electron chi connectivity index (χ3n) is 2.03. The Kier molecular flexibility index (Phi) is 3.10. The Balaban J connectivity index is 2.30. The van der Waals surface area contributed by atoms with Crippen LogP contribution < -0.4 is 4.18 Å². The van der Waals surface area contributed by atoms with Crippen LogP contribution in [0.1, 0.15) is 0 Å². The first-order valence-electron chi connectivity index (χ1n) is 4.83. The van der Waals surface area contributed by atoms with Gasteiger partial charge >= 0.3 is 10.1 Å². The van der Waals surface area contributed by atoms with Crippen LogP contribution in [0.25, 0.3) is 0 Å². The van der Waals surface area contributed by atoms with Gasteiger partial charge in [-0.3, -0.25) is 0 Å². The first kappa shape index (κ1) is 11.6. The minimum atomic E-state index is -3.90. The monoisotopic (exact) mass is 252 g/mol. The Morgan fingerprint density at radius 1 is 0.941 bits per heavy atom. The zero-order valence-electron chi connectivity index (χ0n) is 8.71. The lowest BCUT2D eigenvalue weighted by Crippen LogP contribution is -2.09. The fourth-order valence-electron chi connectivity index (χ4n) is 1.28. The van der Waals surface area contributed by atoms with E-state index in [9.17, 15) is 12.8 Å². The second-order valence-electron chi connectivity index (χ2n) is 3.31. The summed E-state index contributed by atoms with van der Waals surface area (Å²) in [4.78, 5) is 0.0317. The Morgan fingerprint density at radius 3 is 2.29 bits per heavy atom. The van der Waals surface area contributed by atoms with Crippen LogP contribution in [0, 0.1) is 5.82 Å². The van der Waals surface area contributed by atoms with Crippen LogP contribution >= 0.6 is 0 Å². The first-order valence-corrected chi connectivity index (χ1v) is 6.24. The van der Waals surface area contributed by atoms with E-state index in [0.717, 1.165) is 6.07 Å². The zero-order chi connectivity index (χ0) is 12.3. The lowest BCUT2D eigenvalue weighted by atomic mass is 10.3. The van der Waals surface area contributed by atoms with E-state index < -0.39 is 15.9 Å². The van der Waals surface area contributed by atoms with Crippen molar-refractivity contribution in [2.75, 3.05) is 0 Å². The van der Waals surface area contributed by atoms with Crippen molar-refractivity contribution in [2.24, 2.45) is 0 Å². The third-order valence-corrected chi connectivity index (χ3v) is 3.30. The predicted octanol–water partition coefficient (Wildman–Crippen LogP) is 2.59. The van der Waals surface area contributed by atoms with E-state index in [1.54, 1.807) is 18.2 Å². The molecule has 0 heterocycles. The first-order chi connectivity index (χ1) is 8.08. The minimum absolute atomic E-state index is 0.0317.